The van der Waals surface area contributed by atoms with E-state index in [1.807, 2.05) is 30.3 Å². The van der Waals surface area contributed by atoms with Gasteiger partial charge in [-0.1, -0.05) is 35.9 Å². The monoisotopic (exact) mass is 211 g/mol. The lowest BCUT2D eigenvalue weighted by atomic mass is 9.88. The van der Waals surface area contributed by atoms with Crippen LogP contribution in [-0.2, 0) is 4.79 Å². The summed E-state index contributed by atoms with van der Waals surface area (Å²) in [4.78, 5) is 11.2. The number of benzene rings is 1. The minimum atomic E-state index is 0.314. The second-order valence-corrected chi connectivity index (χ2v) is 4.00. The van der Waals surface area contributed by atoms with Crippen LogP contribution in [0.5, 0.6) is 0 Å². The standard InChI is InChI=1S/C14H13NO/c15-10-14(11-4-2-1-3-5-11)12-6-8-13(16)9-7-12/h1-5H,6-9H2. The molecule has 80 valence electrons. The van der Waals surface area contributed by atoms with Crippen molar-refractivity contribution in [1.82, 2.24) is 0 Å². The molecule has 1 aliphatic rings. The number of hydrogen-bond donors (Lipinski definition) is 0. The van der Waals surface area contributed by atoms with E-state index in [4.69, 9.17) is 0 Å². The highest BCUT2D eigenvalue weighted by molar-refractivity contribution is 5.84. The Kier molecular flexibility index (Phi) is 3.16. The van der Waals surface area contributed by atoms with Gasteiger partial charge in [0.25, 0.3) is 0 Å². The maximum atomic E-state index is 11.2. The van der Waals surface area contributed by atoms with Gasteiger partial charge in [-0.25, -0.2) is 0 Å². The Labute approximate surface area is 95.2 Å². The smallest absolute Gasteiger partial charge is 0.133 e. The first kappa shape index (κ1) is 10.6. The topological polar surface area (TPSA) is 40.9 Å². The summed E-state index contributed by atoms with van der Waals surface area (Å²) in [5, 5.41) is 9.20. The van der Waals surface area contributed by atoms with Gasteiger partial charge in [0.2, 0.25) is 0 Å². The van der Waals surface area contributed by atoms with E-state index in [-0.39, 0.29) is 0 Å². The zero-order chi connectivity index (χ0) is 11.4. The van der Waals surface area contributed by atoms with Gasteiger partial charge in [0.1, 0.15) is 5.78 Å². The molecule has 0 aliphatic heterocycles. The number of Topliss-reactive ketones (excluding diaryl/α,β-unsaturated/α-hetero) is 1. The Balaban J connectivity index is 2.33. The molecular formula is C14H13NO. The Bertz CT molecular complexity index is 453. The fraction of sp³-hybridized carbons (Fsp3) is 0.286. The molecule has 2 heteroatoms. The van der Waals surface area contributed by atoms with E-state index in [0.717, 1.165) is 29.6 Å². The van der Waals surface area contributed by atoms with Crippen molar-refractivity contribution in [2.24, 2.45) is 0 Å². The highest BCUT2D eigenvalue weighted by atomic mass is 16.1. The molecule has 0 atom stereocenters. The molecule has 16 heavy (non-hydrogen) atoms. The Morgan fingerprint density at radius 1 is 1.06 bits per heavy atom. The van der Waals surface area contributed by atoms with Gasteiger partial charge in [0, 0.05) is 12.8 Å². The largest absolute Gasteiger partial charge is 0.300 e. The van der Waals surface area contributed by atoms with Crippen LogP contribution in [0.4, 0.5) is 0 Å². The highest BCUT2D eigenvalue weighted by Crippen LogP contribution is 2.28. The first-order valence-electron chi connectivity index (χ1n) is 5.50. The third-order valence-corrected chi connectivity index (χ3v) is 2.94. The number of hydrogen-bond acceptors (Lipinski definition) is 2. The van der Waals surface area contributed by atoms with E-state index >= 15 is 0 Å². The van der Waals surface area contributed by atoms with Gasteiger partial charge in [-0.3, -0.25) is 4.79 Å². The number of allylic oxidation sites excluding steroid dienone is 2. The van der Waals surface area contributed by atoms with Gasteiger partial charge < -0.3 is 0 Å². The van der Waals surface area contributed by atoms with E-state index in [1.165, 1.54) is 0 Å². The van der Waals surface area contributed by atoms with Crippen LogP contribution in [0.2, 0.25) is 0 Å². The second-order valence-electron chi connectivity index (χ2n) is 4.00. The number of nitrogens with zero attached hydrogens (tertiary/aromatic N) is 1. The summed E-state index contributed by atoms with van der Waals surface area (Å²) < 4.78 is 0. The zero-order valence-corrected chi connectivity index (χ0v) is 9.07. The van der Waals surface area contributed by atoms with Gasteiger partial charge >= 0.3 is 0 Å². The lowest BCUT2D eigenvalue weighted by molar-refractivity contribution is -0.119. The van der Waals surface area contributed by atoms with E-state index in [9.17, 15) is 10.1 Å². The molecule has 1 saturated carbocycles. The predicted molar refractivity (Wildman–Crippen MR) is 62.5 cm³/mol. The fourth-order valence-corrected chi connectivity index (χ4v) is 2.03. The summed E-state index contributed by atoms with van der Waals surface area (Å²) in [5.41, 5.74) is 2.86. The van der Waals surface area contributed by atoms with Crippen LogP contribution in [0.3, 0.4) is 0 Å². The second kappa shape index (κ2) is 4.76. The van der Waals surface area contributed by atoms with Crippen LogP contribution >= 0.6 is 0 Å². The molecule has 0 bridgehead atoms. The first-order valence-corrected chi connectivity index (χ1v) is 5.50. The van der Waals surface area contributed by atoms with E-state index in [2.05, 4.69) is 6.07 Å². The maximum absolute atomic E-state index is 11.2. The SMILES string of the molecule is N#CC(=C1CCC(=O)CC1)c1ccccc1. The van der Waals surface area contributed by atoms with Crippen molar-refractivity contribution in [2.45, 2.75) is 25.7 Å². The van der Waals surface area contributed by atoms with Crippen LogP contribution in [0.1, 0.15) is 31.2 Å². The molecule has 2 nitrogen and oxygen atoms in total. The quantitative estimate of drug-likeness (QED) is 0.670. The normalized spacial score (nSPS) is 15.7. The van der Waals surface area contributed by atoms with E-state index < -0.39 is 0 Å². The number of ketones is 1. The molecule has 1 fully saturated rings. The van der Waals surface area contributed by atoms with Gasteiger partial charge in [0.15, 0.2) is 0 Å². The number of carbonyl (C=O) groups excluding carboxylic acids is 1. The molecule has 0 aromatic heterocycles. The van der Waals surface area contributed by atoms with Crippen LogP contribution < -0.4 is 0 Å². The van der Waals surface area contributed by atoms with Gasteiger partial charge in [-0.05, 0) is 18.4 Å². The van der Waals surface area contributed by atoms with Crippen LogP contribution in [0.15, 0.2) is 35.9 Å². The molecule has 0 radical (unpaired) electrons. The van der Waals surface area contributed by atoms with Crippen molar-refractivity contribution in [3.05, 3.63) is 41.5 Å². The summed E-state index contributed by atoms with van der Waals surface area (Å²) in [5.74, 6) is 0.314. The molecule has 0 amide bonds. The molecule has 0 N–H and O–H groups in total. The van der Waals surface area contributed by atoms with Crippen LogP contribution in [-0.4, -0.2) is 5.78 Å². The fourth-order valence-electron chi connectivity index (χ4n) is 2.03. The lowest BCUT2D eigenvalue weighted by Gasteiger charge is -2.15. The molecule has 0 unspecified atom stereocenters. The molecule has 2 rings (SSSR count). The molecule has 0 heterocycles. The number of rotatable bonds is 1. The first-order chi connectivity index (χ1) is 7.81. The zero-order valence-electron chi connectivity index (χ0n) is 9.07. The predicted octanol–water partition coefficient (Wildman–Crippen LogP) is 3.11. The average molecular weight is 211 g/mol. The minimum absolute atomic E-state index is 0.314. The third kappa shape index (κ3) is 2.20. The van der Waals surface area contributed by atoms with E-state index in [0.29, 0.717) is 18.6 Å². The van der Waals surface area contributed by atoms with Crippen molar-refractivity contribution in [3.63, 3.8) is 0 Å². The maximum Gasteiger partial charge on any atom is 0.133 e. The number of carbonyl (C=O) groups is 1. The third-order valence-electron chi connectivity index (χ3n) is 2.94. The van der Waals surface area contributed by atoms with Gasteiger partial charge in [0.05, 0.1) is 11.6 Å². The van der Waals surface area contributed by atoms with Crippen LogP contribution in [0, 0.1) is 11.3 Å². The van der Waals surface area contributed by atoms with Crippen molar-refractivity contribution in [2.75, 3.05) is 0 Å². The van der Waals surface area contributed by atoms with Crippen molar-refractivity contribution < 1.29 is 4.79 Å². The highest BCUT2D eigenvalue weighted by Gasteiger charge is 2.16. The summed E-state index contributed by atoms with van der Waals surface area (Å²) in [6, 6.07) is 12.0. The molecule has 0 saturated heterocycles. The van der Waals surface area contributed by atoms with Gasteiger partial charge in [-0.2, -0.15) is 5.26 Å². The Hall–Kier alpha value is -1.88. The molecule has 1 aromatic carbocycles. The van der Waals surface area contributed by atoms with Gasteiger partial charge in [-0.15, -0.1) is 0 Å². The summed E-state index contributed by atoms with van der Waals surface area (Å²) in [7, 11) is 0. The average Bonchev–Trinajstić information content (AvgIpc) is 2.34. The lowest BCUT2D eigenvalue weighted by Crippen LogP contribution is -2.07. The Morgan fingerprint density at radius 3 is 2.25 bits per heavy atom. The van der Waals surface area contributed by atoms with Crippen molar-refractivity contribution in [3.8, 4) is 6.07 Å². The van der Waals surface area contributed by atoms with Crippen molar-refractivity contribution >= 4 is 11.4 Å². The summed E-state index contributed by atoms with van der Waals surface area (Å²) in [6.45, 7) is 0. The molecule has 0 spiro atoms. The molecule has 1 aromatic rings. The Morgan fingerprint density at radius 2 is 1.69 bits per heavy atom. The van der Waals surface area contributed by atoms with Crippen LogP contribution in [0.25, 0.3) is 5.57 Å². The van der Waals surface area contributed by atoms with E-state index in [1.54, 1.807) is 0 Å². The molecule has 1 aliphatic carbocycles. The summed E-state index contributed by atoms with van der Waals surface area (Å²) in [6.07, 6.45) is 2.67. The summed E-state index contributed by atoms with van der Waals surface area (Å²) >= 11 is 0. The number of nitriles is 1. The minimum Gasteiger partial charge on any atom is -0.300 e. The van der Waals surface area contributed by atoms with Crippen molar-refractivity contribution in [1.29, 1.82) is 5.26 Å². The molecular weight excluding hydrogens is 198 g/mol.